The van der Waals surface area contributed by atoms with Crippen LogP contribution in [0.1, 0.15) is 16.9 Å². The van der Waals surface area contributed by atoms with E-state index in [2.05, 4.69) is 21.6 Å². The predicted molar refractivity (Wildman–Crippen MR) is 123 cm³/mol. The first kappa shape index (κ1) is 21.3. The zero-order valence-corrected chi connectivity index (χ0v) is 18.2. The average Bonchev–Trinajstić information content (AvgIpc) is 3.58. The fraction of sp³-hybridized carbons (Fsp3) is 0.160. The highest BCUT2D eigenvalue weighted by Crippen LogP contribution is 2.22. The van der Waals surface area contributed by atoms with E-state index in [1.165, 1.54) is 22.6 Å². The van der Waals surface area contributed by atoms with Gasteiger partial charge in [0.2, 0.25) is 0 Å². The van der Waals surface area contributed by atoms with E-state index in [-0.39, 0.29) is 18.2 Å². The number of rotatable bonds is 6. The summed E-state index contributed by atoms with van der Waals surface area (Å²) >= 11 is 0. The second kappa shape index (κ2) is 9.53. The minimum absolute atomic E-state index is 0.0237. The zero-order valence-electron chi connectivity index (χ0n) is 18.2. The number of amides is 1. The van der Waals surface area contributed by atoms with Gasteiger partial charge in [0.25, 0.3) is 5.91 Å². The number of ether oxygens (including phenoxy) is 1. The molecule has 9 heteroatoms. The summed E-state index contributed by atoms with van der Waals surface area (Å²) in [6.45, 7) is 0.680. The molecule has 1 amide bonds. The Morgan fingerprint density at radius 3 is 2.59 bits per heavy atom. The van der Waals surface area contributed by atoms with Gasteiger partial charge in [-0.1, -0.05) is 54.6 Å². The molecule has 5 rings (SSSR count). The van der Waals surface area contributed by atoms with E-state index in [0.29, 0.717) is 30.2 Å². The number of carbonyl (C=O) groups is 2. The van der Waals surface area contributed by atoms with Crippen LogP contribution in [0, 0.1) is 0 Å². The molecule has 0 radical (unpaired) electrons. The second-order valence-corrected chi connectivity index (χ2v) is 7.74. The number of aromatic nitrogens is 4. The van der Waals surface area contributed by atoms with Gasteiger partial charge in [-0.05, 0) is 40.1 Å². The van der Waals surface area contributed by atoms with Gasteiger partial charge >= 0.3 is 5.97 Å². The van der Waals surface area contributed by atoms with Gasteiger partial charge in [-0.15, -0.1) is 5.10 Å². The predicted octanol–water partition coefficient (Wildman–Crippen LogP) is 3.06. The van der Waals surface area contributed by atoms with E-state index in [1.54, 1.807) is 17.0 Å². The van der Waals surface area contributed by atoms with Crippen LogP contribution < -0.4 is 0 Å². The van der Waals surface area contributed by atoms with Gasteiger partial charge in [0.1, 0.15) is 5.76 Å². The average molecular weight is 455 g/mol. The summed E-state index contributed by atoms with van der Waals surface area (Å²) in [4.78, 5) is 27.6. The molecule has 2 aromatic heterocycles. The standard InChI is InChI=1S/C25H21N5O4/c31-23(29-13-12-18-7-4-5-10-20(18)16-29)17-34-25(32)22(15-21-11-6-14-33-21)30-24(26-27-28-30)19-8-2-1-3-9-19/h1-11,14-15H,12-13,16-17H2. The highest BCUT2D eigenvalue weighted by Gasteiger charge is 2.25. The Morgan fingerprint density at radius 2 is 1.79 bits per heavy atom. The molecular formula is C25H21N5O4. The molecule has 0 saturated carbocycles. The van der Waals surface area contributed by atoms with Crippen molar-refractivity contribution in [1.29, 1.82) is 0 Å². The highest BCUT2D eigenvalue weighted by molar-refractivity contribution is 6.15. The van der Waals surface area contributed by atoms with E-state index in [1.807, 2.05) is 48.5 Å². The van der Waals surface area contributed by atoms with E-state index < -0.39 is 5.97 Å². The Balaban J connectivity index is 1.35. The number of benzene rings is 2. The fourth-order valence-electron chi connectivity index (χ4n) is 3.83. The van der Waals surface area contributed by atoms with Crippen molar-refractivity contribution in [3.63, 3.8) is 0 Å². The Bertz CT molecular complexity index is 1330. The molecule has 170 valence electrons. The van der Waals surface area contributed by atoms with Crippen molar-refractivity contribution < 1.29 is 18.7 Å². The van der Waals surface area contributed by atoms with Crippen LogP contribution in [-0.4, -0.2) is 50.1 Å². The lowest BCUT2D eigenvalue weighted by molar-refractivity contribution is -0.148. The number of carbonyl (C=O) groups excluding carboxylic acids is 2. The first-order valence-corrected chi connectivity index (χ1v) is 10.8. The van der Waals surface area contributed by atoms with Crippen LogP contribution in [0.15, 0.2) is 77.4 Å². The number of furan rings is 1. The molecule has 2 aromatic carbocycles. The topological polar surface area (TPSA) is 103 Å². The molecule has 0 unspecified atom stereocenters. The molecule has 0 bridgehead atoms. The third-order valence-electron chi connectivity index (χ3n) is 5.57. The smallest absolute Gasteiger partial charge is 0.357 e. The molecule has 1 aliphatic heterocycles. The van der Waals surface area contributed by atoms with Crippen molar-refractivity contribution >= 4 is 23.6 Å². The number of nitrogens with zero attached hydrogens (tertiary/aromatic N) is 5. The van der Waals surface area contributed by atoms with Crippen LogP contribution in [-0.2, 0) is 27.3 Å². The maximum atomic E-state index is 13.1. The molecule has 0 aliphatic carbocycles. The van der Waals surface area contributed by atoms with Gasteiger partial charge in [0.05, 0.1) is 6.26 Å². The molecule has 0 saturated heterocycles. The highest BCUT2D eigenvalue weighted by atomic mass is 16.5. The molecular weight excluding hydrogens is 434 g/mol. The number of hydrogen-bond donors (Lipinski definition) is 0. The van der Waals surface area contributed by atoms with Crippen molar-refractivity contribution in [2.45, 2.75) is 13.0 Å². The third kappa shape index (κ3) is 4.49. The minimum atomic E-state index is -0.744. The first-order valence-electron chi connectivity index (χ1n) is 10.8. The van der Waals surface area contributed by atoms with Gasteiger partial charge < -0.3 is 14.1 Å². The Morgan fingerprint density at radius 1 is 1.00 bits per heavy atom. The number of fused-ring (bicyclic) bond motifs is 1. The minimum Gasteiger partial charge on any atom is -0.465 e. The number of hydrogen-bond acceptors (Lipinski definition) is 7. The van der Waals surface area contributed by atoms with Crippen LogP contribution >= 0.6 is 0 Å². The lowest BCUT2D eigenvalue weighted by Gasteiger charge is -2.28. The number of esters is 1. The van der Waals surface area contributed by atoms with Crippen molar-refractivity contribution in [1.82, 2.24) is 25.1 Å². The van der Waals surface area contributed by atoms with Crippen molar-refractivity contribution in [3.8, 4) is 11.4 Å². The van der Waals surface area contributed by atoms with Crippen LogP contribution in [0.2, 0.25) is 0 Å². The van der Waals surface area contributed by atoms with E-state index in [9.17, 15) is 9.59 Å². The summed E-state index contributed by atoms with van der Waals surface area (Å²) in [5, 5.41) is 11.8. The van der Waals surface area contributed by atoms with E-state index >= 15 is 0 Å². The van der Waals surface area contributed by atoms with E-state index in [4.69, 9.17) is 9.15 Å². The Hall–Kier alpha value is -4.53. The summed E-state index contributed by atoms with van der Waals surface area (Å²) < 4.78 is 12.1. The summed E-state index contributed by atoms with van der Waals surface area (Å²) in [6.07, 6.45) is 3.74. The second-order valence-electron chi connectivity index (χ2n) is 7.74. The molecule has 0 spiro atoms. The first-order chi connectivity index (χ1) is 16.7. The van der Waals surface area contributed by atoms with Gasteiger partial charge in [-0.25, -0.2) is 4.79 Å². The van der Waals surface area contributed by atoms with Gasteiger partial charge in [-0.2, -0.15) is 4.68 Å². The molecule has 4 aromatic rings. The van der Waals surface area contributed by atoms with Crippen molar-refractivity contribution in [2.24, 2.45) is 0 Å². The SMILES string of the molecule is O=C(OCC(=O)N1CCc2ccccc2C1)C(=Cc1ccco1)n1nnnc1-c1ccccc1. The summed E-state index contributed by atoms with van der Waals surface area (Å²) in [6, 6.07) is 20.6. The fourth-order valence-corrected chi connectivity index (χ4v) is 3.83. The molecule has 0 N–H and O–H groups in total. The quantitative estimate of drug-likeness (QED) is 0.325. The summed E-state index contributed by atoms with van der Waals surface area (Å²) in [5.41, 5.74) is 3.08. The van der Waals surface area contributed by atoms with Gasteiger partial charge in [0.15, 0.2) is 18.1 Å². The molecule has 0 atom stereocenters. The van der Waals surface area contributed by atoms with Crippen LogP contribution in [0.5, 0.6) is 0 Å². The normalized spacial score (nSPS) is 13.4. The van der Waals surface area contributed by atoms with Gasteiger partial charge in [-0.3, -0.25) is 4.79 Å². The molecule has 0 fully saturated rings. The Labute approximate surface area is 195 Å². The monoisotopic (exact) mass is 455 g/mol. The zero-order chi connectivity index (χ0) is 23.3. The van der Waals surface area contributed by atoms with Crippen LogP contribution in [0.4, 0.5) is 0 Å². The van der Waals surface area contributed by atoms with Gasteiger partial charge in [0, 0.05) is 24.7 Å². The largest absolute Gasteiger partial charge is 0.465 e. The molecule has 9 nitrogen and oxygen atoms in total. The molecule has 3 heterocycles. The summed E-state index contributed by atoms with van der Waals surface area (Å²) in [5.74, 6) is -0.235. The van der Waals surface area contributed by atoms with Crippen molar-refractivity contribution in [2.75, 3.05) is 13.2 Å². The molecule has 1 aliphatic rings. The van der Waals surface area contributed by atoms with Crippen LogP contribution in [0.3, 0.4) is 0 Å². The third-order valence-corrected chi connectivity index (χ3v) is 5.57. The van der Waals surface area contributed by atoms with Crippen LogP contribution in [0.25, 0.3) is 23.2 Å². The summed E-state index contributed by atoms with van der Waals surface area (Å²) in [7, 11) is 0. The molecule has 34 heavy (non-hydrogen) atoms. The maximum absolute atomic E-state index is 13.1. The van der Waals surface area contributed by atoms with Crippen molar-refractivity contribution in [3.05, 3.63) is 89.9 Å². The maximum Gasteiger partial charge on any atom is 0.357 e. The Kier molecular flexibility index (Phi) is 5.98. The lowest BCUT2D eigenvalue weighted by Crippen LogP contribution is -2.38. The number of tetrazole rings is 1. The lowest BCUT2D eigenvalue weighted by atomic mass is 10.00. The van der Waals surface area contributed by atoms with E-state index in [0.717, 1.165) is 12.0 Å².